The Morgan fingerprint density at radius 3 is 2.83 bits per heavy atom. The van der Waals surface area contributed by atoms with E-state index in [-0.39, 0.29) is 11.8 Å². The van der Waals surface area contributed by atoms with Crippen LogP contribution in [-0.4, -0.2) is 4.98 Å². The summed E-state index contributed by atoms with van der Waals surface area (Å²) in [7, 11) is 0. The second-order valence-corrected chi connectivity index (χ2v) is 4.22. The Labute approximate surface area is 105 Å². The number of aromatic nitrogens is 1. The third-order valence-electron chi connectivity index (χ3n) is 2.58. The number of halogens is 1. The maximum absolute atomic E-state index is 13.6. The Hall–Kier alpha value is -1.94. The van der Waals surface area contributed by atoms with Gasteiger partial charge in [0.1, 0.15) is 0 Å². The molecule has 1 atom stereocenters. The molecule has 0 saturated heterocycles. The third-order valence-corrected chi connectivity index (χ3v) is 2.58. The van der Waals surface area contributed by atoms with Gasteiger partial charge in [0.15, 0.2) is 11.6 Å². The summed E-state index contributed by atoms with van der Waals surface area (Å²) < 4.78 is 19.1. The minimum absolute atomic E-state index is 0.163. The Morgan fingerprint density at radius 1 is 1.33 bits per heavy atom. The highest BCUT2D eigenvalue weighted by molar-refractivity contribution is 5.36. The lowest BCUT2D eigenvalue weighted by Gasteiger charge is -2.12. The SMILES string of the molecule is Cc1ccc(F)c(Oc2ncccc2C(C)N)c1. The minimum atomic E-state index is -0.415. The molecule has 1 heterocycles. The molecular weight excluding hydrogens is 231 g/mol. The van der Waals surface area contributed by atoms with Crippen LogP contribution in [0.25, 0.3) is 0 Å². The summed E-state index contributed by atoms with van der Waals surface area (Å²) in [6, 6.07) is 8.07. The topological polar surface area (TPSA) is 48.1 Å². The molecule has 0 radical (unpaired) electrons. The number of benzene rings is 1. The molecule has 1 unspecified atom stereocenters. The summed E-state index contributed by atoms with van der Waals surface area (Å²) in [4.78, 5) is 4.10. The van der Waals surface area contributed by atoms with Crippen molar-refractivity contribution in [3.8, 4) is 11.6 Å². The number of nitrogens with two attached hydrogens (primary N) is 1. The fraction of sp³-hybridized carbons (Fsp3) is 0.214. The van der Waals surface area contributed by atoms with Crippen LogP contribution in [0.15, 0.2) is 36.5 Å². The lowest BCUT2D eigenvalue weighted by Crippen LogP contribution is -2.07. The molecule has 3 nitrogen and oxygen atoms in total. The minimum Gasteiger partial charge on any atom is -0.436 e. The number of hydrogen-bond donors (Lipinski definition) is 1. The summed E-state index contributed by atoms with van der Waals surface area (Å²) in [5.74, 6) is 0.0921. The highest BCUT2D eigenvalue weighted by Gasteiger charge is 2.12. The van der Waals surface area contributed by atoms with E-state index in [4.69, 9.17) is 10.5 Å². The summed E-state index contributed by atoms with van der Waals surface area (Å²) >= 11 is 0. The first-order chi connectivity index (χ1) is 8.58. The summed E-state index contributed by atoms with van der Waals surface area (Å²) in [6.45, 7) is 3.70. The van der Waals surface area contributed by atoms with E-state index in [9.17, 15) is 4.39 Å². The van der Waals surface area contributed by atoms with Crippen LogP contribution in [0.1, 0.15) is 24.1 Å². The smallest absolute Gasteiger partial charge is 0.224 e. The largest absolute Gasteiger partial charge is 0.436 e. The first-order valence-electron chi connectivity index (χ1n) is 5.72. The molecule has 0 aliphatic carbocycles. The molecule has 0 aliphatic heterocycles. The van der Waals surface area contributed by atoms with Crippen LogP contribution in [0.2, 0.25) is 0 Å². The molecule has 0 bridgehead atoms. The number of pyridine rings is 1. The van der Waals surface area contributed by atoms with Crippen molar-refractivity contribution < 1.29 is 9.13 Å². The molecule has 0 fully saturated rings. The zero-order valence-electron chi connectivity index (χ0n) is 10.4. The first kappa shape index (κ1) is 12.5. The molecule has 0 amide bonds. The molecule has 2 rings (SSSR count). The van der Waals surface area contributed by atoms with Crippen molar-refractivity contribution in [2.24, 2.45) is 5.73 Å². The Kier molecular flexibility index (Phi) is 3.58. The van der Waals surface area contributed by atoms with Crippen LogP contribution < -0.4 is 10.5 Å². The van der Waals surface area contributed by atoms with E-state index < -0.39 is 5.82 Å². The zero-order chi connectivity index (χ0) is 13.1. The average molecular weight is 246 g/mol. The van der Waals surface area contributed by atoms with Crippen molar-refractivity contribution >= 4 is 0 Å². The Balaban J connectivity index is 2.37. The number of ether oxygens (including phenoxy) is 1. The van der Waals surface area contributed by atoms with Crippen molar-refractivity contribution in [3.63, 3.8) is 0 Å². The van der Waals surface area contributed by atoms with Gasteiger partial charge in [-0.1, -0.05) is 12.1 Å². The summed E-state index contributed by atoms with van der Waals surface area (Å²) in [6.07, 6.45) is 1.59. The molecule has 2 N–H and O–H groups in total. The summed E-state index contributed by atoms with van der Waals surface area (Å²) in [5.41, 5.74) is 7.49. The van der Waals surface area contributed by atoms with E-state index in [2.05, 4.69) is 4.98 Å². The van der Waals surface area contributed by atoms with Crippen LogP contribution >= 0.6 is 0 Å². The second kappa shape index (κ2) is 5.14. The fourth-order valence-electron chi connectivity index (χ4n) is 1.63. The third kappa shape index (κ3) is 2.65. The molecule has 0 saturated carbocycles. The first-order valence-corrected chi connectivity index (χ1v) is 5.72. The van der Waals surface area contributed by atoms with Crippen molar-refractivity contribution in [1.82, 2.24) is 4.98 Å². The normalized spacial score (nSPS) is 12.2. The highest BCUT2D eigenvalue weighted by atomic mass is 19.1. The van der Waals surface area contributed by atoms with Gasteiger partial charge >= 0.3 is 0 Å². The van der Waals surface area contributed by atoms with Crippen molar-refractivity contribution in [2.75, 3.05) is 0 Å². The van der Waals surface area contributed by atoms with Crippen LogP contribution in [0.4, 0.5) is 4.39 Å². The molecular formula is C14H15FN2O. The van der Waals surface area contributed by atoms with E-state index >= 15 is 0 Å². The van der Waals surface area contributed by atoms with Crippen molar-refractivity contribution in [1.29, 1.82) is 0 Å². The molecule has 1 aromatic heterocycles. The van der Waals surface area contributed by atoms with Crippen molar-refractivity contribution in [3.05, 3.63) is 53.5 Å². The predicted octanol–water partition coefficient (Wildman–Crippen LogP) is 3.34. The van der Waals surface area contributed by atoms with Gasteiger partial charge in [0.05, 0.1) is 0 Å². The molecule has 0 aliphatic rings. The second-order valence-electron chi connectivity index (χ2n) is 4.22. The number of aryl methyl sites for hydroxylation is 1. The van der Waals surface area contributed by atoms with Gasteiger partial charge in [0.2, 0.25) is 5.88 Å². The quantitative estimate of drug-likeness (QED) is 0.903. The van der Waals surface area contributed by atoms with Gasteiger partial charge in [-0.05, 0) is 37.6 Å². The van der Waals surface area contributed by atoms with E-state index in [1.165, 1.54) is 6.07 Å². The Morgan fingerprint density at radius 2 is 2.11 bits per heavy atom. The Bertz CT molecular complexity index is 555. The maximum Gasteiger partial charge on any atom is 0.224 e. The van der Waals surface area contributed by atoms with Gasteiger partial charge in [-0.3, -0.25) is 0 Å². The number of nitrogens with zero attached hydrogens (tertiary/aromatic N) is 1. The summed E-state index contributed by atoms with van der Waals surface area (Å²) in [5, 5.41) is 0. The monoisotopic (exact) mass is 246 g/mol. The maximum atomic E-state index is 13.6. The van der Waals surface area contributed by atoms with E-state index in [0.717, 1.165) is 11.1 Å². The van der Waals surface area contributed by atoms with Crippen molar-refractivity contribution in [2.45, 2.75) is 19.9 Å². The molecule has 1 aromatic carbocycles. The van der Waals surface area contributed by atoms with E-state index in [1.54, 1.807) is 24.4 Å². The van der Waals surface area contributed by atoms with Gasteiger partial charge in [-0.2, -0.15) is 0 Å². The van der Waals surface area contributed by atoms with Crippen LogP contribution in [0.5, 0.6) is 11.6 Å². The highest BCUT2D eigenvalue weighted by Crippen LogP contribution is 2.28. The molecule has 18 heavy (non-hydrogen) atoms. The average Bonchev–Trinajstić information content (AvgIpc) is 2.34. The predicted molar refractivity (Wildman–Crippen MR) is 68.1 cm³/mol. The van der Waals surface area contributed by atoms with E-state index in [0.29, 0.717) is 5.88 Å². The molecule has 2 aromatic rings. The number of rotatable bonds is 3. The molecule has 4 heteroatoms. The molecule has 94 valence electrons. The van der Waals surface area contributed by atoms with E-state index in [1.807, 2.05) is 19.9 Å². The van der Waals surface area contributed by atoms with Gasteiger partial charge in [0.25, 0.3) is 0 Å². The van der Waals surface area contributed by atoms with Crippen LogP contribution in [0, 0.1) is 12.7 Å². The van der Waals surface area contributed by atoms with Gasteiger partial charge in [-0.15, -0.1) is 0 Å². The number of hydrogen-bond acceptors (Lipinski definition) is 3. The van der Waals surface area contributed by atoms with Crippen LogP contribution in [-0.2, 0) is 0 Å². The molecule has 0 spiro atoms. The van der Waals surface area contributed by atoms with Crippen LogP contribution in [0.3, 0.4) is 0 Å². The fourth-order valence-corrected chi connectivity index (χ4v) is 1.63. The van der Waals surface area contributed by atoms with Gasteiger partial charge in [-0.25, -0.2) is 9.37 Å². The standard InChI is InChI=1S/C14H15FN2O/c1-9-5-6-12(15)13(8-9)18-14-11(10(2)16)4-3-7-17-14/h3-8,10H,16H2,1-2H3. The van der Waals surface area contributed by atoms with Gasteiger partial charge in [0, 0.05) is 17.8 Å². The zero-order valence-corrected chi connectivity index (χ0v) is 10.4. The van der Waals surface area contributed by atoms with Gasteiger partial charge < -0.3 is 10.5 Å². The lowest BCUT2D eigenvalue weighted by atomic mass is 10.1. The lowest BCUT2D eigenvalue weighted by molar-refractivity contribution is 0.419.